The monoisotopic (exact) mass is 344 g/mol. The van der Waals surface area contributed by atoms with Gasteiger partial charge < -0.3 is 9.80 Å². The third-order valence-electron chi connectivity index (χ3n) is 3.97. The number of hydrogen-bond acceptors (Lipinski definition) is 5. The highest BCUT2D eigenvalue weighted by molar-refractivity contribution is 8.13. The van der Waals surface area contributed by atoms with Crippen molar-refractivity contribution in [3.63, 3.8) is 0 Å². The summed E-state index contributed by atoms with van der Waals surface area (Å²) in [6, 6.07) is 9.18. The predicted molar refractivity (Wildman–Crippen MR) is 95.6 cm³/mol. The maximum Gasteiger partial charge on any atom is 0.325 e. The van der Waals surface area contributed by atoms with Crippen molar-refractivity contribution >= 4 is 28.9 Å². The zero-order valence-electron chi connectivity index (χ0n) is 13.7. The molecule has 126 valence electrons. The van der Waals surface area contributed by atoms with Crippen molar-refractivity contribution in [3.8, 4) is 0 Å². The lowest BCUT2D eigenvalue weighted by Gasteiger charge is -2.36. The fraction of sp³-hybridized carbons (Fsp3) is 0.353. The lowest BCUT2D eigenvalue weighted by Crippen LogP contribution is -2.63. The number of amides is 3. The fourth-order valence-corrected chi connectivity index (χ4v) is 3.81. The SMILES string of the molecule is C=C(C)CN1C(SCc2ccccc2)=NC2C1C(=O)NC(=O)N2C. The van der Waals surface area contributed by atoms with E-state index in [1.807, 2.05) is 30.0 Å². The Morgan fingerprint density at radius 2 is 2.04 bits per heavy atom. The van der Waals surface area contributed by atoms with Crippen LogP contribution in [0.25, 0.3) is 0 Å². The normalized spacial score (nSPS) is 23.0. The van der Waals surface area contributed by atoms with E-state index in [1.54, 1.807) is 18.8 Å². The summed E-state index contributed by atoms with van der Waals surface area (Å²) in [5.41, 5.74) is 2.13. The molecule has 7 heteroatoms. The Morgan fingerprint density at radius 1 is 1.33 bits per heavy atom. The molecule has 3 rings (SSSR count). The predicted octanol–water partition coefficient (Wildman–Crippen LogP) is 2.04. The number of amidine groups is 1. The quantitative estimate of drug-likeness (QED) is 0.849. The van der Waals surface area contributed by atoms with Crippen molar-refractivity contribution in [3.05, 3.63) is 48.0 Å². The van der Waals surface area contributed by atoms with Crippen molar-refractivity contribution in [1.82, 2.24) is 15.1 Å². The van der Waals surface area contributed by atoms with E-state index in [4.69, 9.17) is 0 Å². The maximum atomic E-state index is 12.3. The second-order valence-electron chi connectivity index (χ2n) is 6.03. The number of aliphatic imine (C=N–C) groups is 1. The molecule has 2 atom stereocenters. The molecule has 0 saturated carbocycles. The largest absolute Gasteiger partial charge is 0.332 e. The number of carbonyl (C=O) groups excluding carboxylic acids is 2. The number of fused-ring (bicyclic) bond motifs is 1. The Labute approximate surface area is 145 Å². The van der Waals surface area contributed by atoms with Gasteiger partial charge in [0.2, 0.25) is 0 Å². The van der Waals surface area contributed by atoms with Crippen LogP contribution in [0.1, 0.15) is 12.5 Å². The van der Waals surface area contributed by atoms with E-state index < -0.39 is 18.2 Å². The van der Waals surface area contributed by atoms with Gasteiger partial charge in [0.15, 0.2) is 17.4 Å². The second kappa shape index (κ2) is 6.68. The van der Waals surface area contributed by atoms with Crippen LogP contribution in [-0.2, 0) is 10.5 Å². The van der Waals surface area contributed by atoms with E-state index in [0.717, 1.165) is 16.5 Å². The average Bonchev–Trinajstić information content (AvgIpc) is 2.90. The second-order valence-corrected chi connectivity index (χ2v) is 6.98. The summed E-state index contributed by atoms with van der Waals surface area (Å²) in [5, 5.41) is 3.16. The van der Waals surface area contributed by atoms with Gasteiger partial charge in [-0.1, -0.05) is 54.2 Å². The molecule has 2 unspecified atom stereocenters. The van der Waals surface area contributed by atoms with Crippen LogP contribution in [0.15, 0.2) is 47.5 Å². The molecule has 0 aliphatic carbocycles. The molecule has 1 fully saturated rings. The Balaban J connectivity index is 1.83. The van der Waals surface area contributed by atoms with Gasteiger partial charge in [-0.25, -0.2) is 9.79 Å². The minimum absolute atomic E-state index is 0.302. The van der Waals surface area contributed by atoms with E-state index in [-0.39, 0.29) is 5.91 Å². The van der Waals surface area contributed by atoms with Crippen LogP contribution in [-0.4, -0.2) is 52.7 Å². The number of nitrogens with one attached hydrogen (secondary N) is 1. The van der Waals surface area contributed by atoms with Crippen molar-refractivity contribution in [2.24, 2.45) is 4.99 Å². The van der Waals surface area contributed by atoms with Crippen LogP contribution < -0.4 is 5.32 Å². The number of hydrogen-bond donors (Lipinski definition) is 1. The van der Waals surface area contributed by atoms with Gasteiger partial charge in [-0.3, -0.25) is 10.1 Å². The Hall–Kier alpha value is -2.28. The number of carbonyl (C=O) groups is 2. The van der Waals surface area contributed by atoms with Crippen LogP contribution in [0, 0.1) is 0 Å². The first-order valence-corrected chi connectivity index (χ1v) is 8.69. The molecule has 0 radical (unpaired) electrons. The summed E-state index contributed by atoms with van der Waals surface area (Å²) in [5.74, 6) is 0.453. The zero-order chi connectivity index (χ0) is 17.3. The highest BCUT2D eigenvalue weighted by atomic mass is 32.2. The maximum absolute atomic E-state index is 12.3. The molecule has 24 heavy (non-hydrogen) atoms. The van der Waals surface area contributed by atoms with E-state index in [2.05, 4.69) is 29.0 Å². The van der Waals surface area contributed by atoms with Crippen LogP contribution in [0.3, 0.4) is 0 Å². The van der Waals surface area contributed by atoms with Crippen molar-refractivity contribution in [2.75, 3.05) is 13.6 Å². The minimum atomic E-state index is -0.498. The van der Waals surface area contributed by atoms with Gasteiger partial charge in [0.1, 0.15) is 0 Å². The number of thioether (sulfide) groups is 1. The summed E-state index contributed by atoms with van der Waals surface area (Å²) in [6.07, 6.45) is -0.483. The topological polar surface area (TPSA) is 65.0 Å². The first-order chi connectivity index (χ1) is 11.5. The lowest BCUT2D eigenvalue weighted by atomic mass is 10.1. The van der Waals surface area contributed by atoms with Gasteiger partial charge in [-0.15, -0.1) is 0 Å². The van der Waals surface area contributed by atoms with E-state index >= 15 is 0 Å². The fourth-order valence-electron chi connectivity index (χ4n) is 2.80. The van der Waals surface area contributed by atoms with Crippen LogP contribution >= 0.6 is 11.8 Å². The number of rotatable bonds is 4. The standard InChI is InChI=1S/C17H20N4O2S/c1-11(2)9-21-13-14(20(3)16(23)19-15(13)22)18-17(21)24-10-12-7-5-4-6-8-12/h4-8,13-14H,1,9-10H2,2-3H3,(H,19,22,23). The van der Waals surface area contributed by atoms with E-state index in [0.29, 0.717) is 6.54 Å². The van der Waals surface area contributed by atoms with E-state index in [9.17, 15) is 9.59 Å². The van der Waals surface area contributed by atoms with Crippen molar-refractivity contribution < 1.29 is 9.59 Å². The molecule has 1 N–H and O–H groups in total. The molecule has 1 saturated heterocycles. The van der Waals surface area contributed by atoms with Gasteiger partial charge in [0, 0.05) is 19.3 Å². The molecular formula is C17H20N4O2S. The zero-order valence-corrected chi connectivity index (χ0v) is 14.5. The van der Waals surface area contributed by atoms with E-state index in [1.165, 1.54) is 10.5 Å². The molecule has 6 nitrogen and oxygen atoms in total. The summed E-state index contributed by atoms with van der Waals surface area (Å²) < 4.78 is 0. The van der Waals surface area contributed by atoms with Crippen LogP contribution in [0.5, 0.6) is 0 Å². The lowest BCUT2D eigenvalue weighted by molar-refractivity contribution is -0.126. The smallest absolute Gasteiger partial charge is 0.325 e. The molecule has 0 spiro atoms. The number of likely N-dealkylation sites (N-methyl/N-ethyl adjacent to an activating group) is 1. The number of imide groups is 1. The molecule has 0 bridgehead atoms. The molecular weight excluding hydrogens is 324 g/mol. The molecule has 2 heterocycles. The highest BCUT2D eigenvalue weighted by Crippen LogP contribution is 2.30. The average molecular weight is 344 g/mol. The molecule has 0 aromatic heterocycles. The first-order valence-electron chi connectivity index (χ1n) is 7.70. The molecule has 2 aliphatic heterocycles. The Bertz CT molecular complexity index is 704. The van der Waals surface area contributed by atoms with Gasteiger partial charge in [0.25, 0.3) is 5.91 Å². The molecule has 3 amide bonds. The minimum Gasteiger partial charge on any atom is -0.332 e. The first kappa shape index (κ1) is 16.6. The van der Waals surface area contributed by atoms with Crippen molar-refractivity contribution in [2.45, 2.75) is 24.9 Å². The highest BCUT2D eigenvalue weighted by Gasteiger charge is 2.48. The summed E-state index contributed by atoms with van der Waals surface area (Å²) in [6.45, 7) is 6.41. The van der Waals surface area contributed by atoms with Crippen LogP contribution in [0.4, 0.5) is 4.79 Å². The third kappa shape index (κ3) is 3.17. The molecule has 1 aromatic carbocycles. The van der Waals surface area contributed by atoms with Crippen molar-refractivity contribution in [1.29, 1.82) is 0 Å². The Morgan fingerprint density at radius 3 is 2.71 bits per heavy atom. The van der Waals surface area contributed by atoms with Gasteiger partial charge in [-0.2, -0.15) is 0 Å². The number of urea groups is 1. The van der Waals surface area contributed by atoms with Gasteiger partial charge >= 0.3 is 6.03 Å². The summed E-state index contributed by atoms with van der Waals surface area (Å²) >= 11 is 1.58. The summed E-state index contributed by atoms with van der Waals surface area (Å²) in [7, 11) is 1.66. The van der Waals surface area contributed by atoms with Gasteiger partial charge in [-0.05, 0) is 12.5 Å². The van der Waals surface area contributed by atoms with Crippen LogP contribution in [0.2, 0.25) is 0 Å². The summed E-state index contributed by atoms with van der Waals surface area (Å²) in [4.78, 5) is 32.2. The Kier molecular flexibility index (Phi) is 4.62. The number of nitrogens with zero attached hydrogens (tertiary/aromatic N) is 3. The van der Waals surface area contributed by atoms with Gasteiger partial charge in [0.05, 0.1) is 0 Å². The number of benzene rings is 1. The molecule has 1 aromatic rings. The third-order valence-corrected chi connectivity index (χ3v) is 5.05. The molecule has 2 aliphatic rings.